The number of imidazole rings is 1. The van der Waals surface area contributed by atoms with Gasteiger partial charge in [0.25, 0.3) is 0 Å². The lowest BCUT2D eigenvalue weighted by Crippen LogP contribution is -2.37. The van der Waals surface area contributed by atoms with Crippen LogP contribution in [-0.2, 0) is 22.7 Å². The van der Waals surface area contributed by atoms with E-state index in [1.54, 1.807) is 6.92 Å². The van der Waals surface area contributed by atoms with Gasteiger partial charge in [0.05, 0.1) is 0 Å². The van der Waals surface area contributed by atoms with E-state index in [1.165, 1.54) is 10.1 Å². The molecule has 0 saturated carbocycles. The maximum Gasteiger partial charge on any atom is 0.338 e. The molecule has 2 aromatic heterocycles. The minimum atomic E-state index is -3.26. The second-order valence-corrected chi connectivity index (χ2v) is 9.97. The molecule has 0 spiro atoms. The number of carbonyl (C=O) groups excluding carboxylic acids is 1. The molecule has 3 rings (SSSR count). The Balaban J connectivity index is 1.94. The first-order chi connectivity index (χ1) is 15.8. The number of nitrogen functional groups attached to an aromatic ring is 1. The first kappa shape index (κ1) is 24.4. The summed E-state index contributed by atoms with van der Waals surface area (Å²) in [6.07, 6.45) is 3.96. The first-order valence-electron chi connectivity index (χ1n) is 11.2. The lowest BCUT2D eigenvalue weighted by atomic mass is 10.1. The maximum absolute atomic E-state index is 13.2. The van der Waals surface area contributed by atoms with Crippen LogP contribution in [0.4, 0.5) is 10.6 Å². The van der Waals surface area contributed by atoms with E-state index in [0.717, 1.165) is 23.8 Å². The topological polar surface area (TPSA) is 149 Å². The van der Waals surface area contributed by atoms with Gasteiger partial charge >= 0.3 is 11.7 Å². The number of aryl methyl sites for hydroxylation is 2. The molecule has 0 aliphatic heterocycles. The van der Waals surface area contributed by atoms with Gasteiger partial charge in [-0.1, -0.05) is 43.7 Å². The van der Waals surface area contributed by atoms with Crippen molar-refractivity contribution in [2.75, 3.05) is 18.0 Å². The number of nitrogens with one attached hydrogen (secondary N) is 2. The van der Waals surface area contributed by atoms with Gasteiger partial charge in [0.2, 0.25) is 5.16 Å². The average molecular weight is 474 g/mol. The second kappa shape index (κ2) is 10.6. The number of hydrogen-bond acceptors (Lipinski definition) is 7. The number of unbranched alkanes of at least 4 members (excludes halogenated alkanes) is 2. The van der Waals surface area contributed by atoms with E-state index in [1.807, 2.05) is 25.1 Å². The fourth-order valence-electron chi connectivity index (χ4n) is 3.72. The third-order valence-electron chi connectivity index (χ3n) is 5.28. The lowest BCUT2D eigenvalue weighted by molar-refractivity contribution is 0.242. The first-order valence-corrected chi connectivity index (χ1v) is 12.9. The number of carbonyl (C=O) groups is 1. The van der Waals surface area contributed by atoms with Gasteiger partial charge in [-0.05, 0) is 38.2 Å². The molecule has 33 heavy (non-hydrogen) atoms. The number of benzene rings is 1. The Hall–Kier alpha value is -3.21. The molecule has 0 radical (unpaired) electrons. The molecule has 1 amide bonds. The largest absolute Gasteiger partial charge is 0.382 e. The van der Waals surface area contributed by atoms with Crippen molar-refractivity contribution in [1.29, 1.82) is 4.78 Å². The van der Waals surface area contributed by atoms with Gasteiger partial charge in [-0.15, -0.1) is 0 Å². The zero-order chi connectivity index (χ0) is 24.0. The van der Waals surface area contributed by atoms with Crippen molar-refractivity contribution in [3.05, 3.63) is 46.4 Å². The number of hydrogen-bond donors (Lipinski definition) is 3. The summed E-state index contributed by atoms with van der Waals surface area (Å²) in [4.78, 5) is 34.1. The van der Waals surface area contributed by atoms with Gasteiger partial charge in [0.15, 0.2) is 11.5 Å². The van der Waals surface area contributed by atoms with Crippen LogP contribution in [0.25, 0.3) is 11.2 Å². The van der Waals surface area contributed by atoms with E-state index in [4.69, 9.17) is 10.5 Å². The Morgan fingerprint density at radius 1 is 1.15 bits per heavy atom. The highest BCUT2D eigenvalue weighted by Gasteiger charge is 2.25. The van der Waals surface area contributed by atoms with Gasteiger partial charge in [-0.2, -0.15) is 4.98 Å². The zero-order valence-electron chi connectivity index (χ0n) is 19.0. The van der Waals surface area contributed by atoms with Crippen LogP contribution in [0.15, 0.2) is 40.3 Å². The van der Waals surface area contributed by atoms with E-state index in [2.05, 4.69) is 27.4 Å². The number of nitrogens with two attached hydrogens (primary N) is 1. The normalized spacial score (nSPS) is 13.2. The molecule has 4 N–H and O–H groups in total. The minimum Gasteiger partial charge on any atom is -0.382 e. The molecule has 1 atom stereocenters. The Kier molecular flexibility index (Phi) is 7.85. The highest BCUT2D eigenvalue weighted by Crippen LogP contribution is 2.21. The molecule has 0 fully saturated rings. The SMILES string of the molecule is CCCS(=N)(=O)c1nc(N)c2c(n1)n(CCCCCc1ccccc1)c(=O)n2C(=O)NCC. The molecule has 3 aromatic rings. The zero-order valence-corrected chi connectivity index (χ0v) is 19.9. The number of anilines is 1. The van der Waals surface area contributed by atoms with Crippen LogP contribution >= 0.6 is 0 Å². The monoisotopic (exact) mass is 473 g/mol. The fraction of sp³-hybridized carbons (Fsp3) is 0.455. The Morgan fingerprint density at radius 3 is 2.55 bits per heavy atom. The van der Waals surface area contributed by atoms with Gasteiger partial charge in [0.1, 0.15) is 15.2 Å². The summed E-state index contributed by atoms with van der Waals surface area (Å²) < 4.78 is 23.2. The van der Waals surface area contributed by atoms with E-state index in [-0.39, 0.29) is 27.9 Å². The summed E-state index contributed by atoms with van der Waals surface area (Å²) in [6.45, 7) is 4.20. The Morgan fingerprint density at radius 2 is 1.88 bits per heavy atom. The smallest absolute Gasteiger partial charge is 0.338 e. The van der Waals surface area contributed by atoms with Crippen LogP contribution in [0.5, 0.6) is 0 Å². The molecule has 0 bridgehead atoms. The van der Waals surface area contributed by atoms with Crippen LogP contribution in [-0.4, -0.2) is 41.6 Å². The van der Waals surface area contributed by atoms with E-state index >= 15 is 0 Å². The summed E-state index contributed by atoms with van der Waals surface area (Å²) in [5.41, 5.74) is 6.98. The fourth-order valence-corrected chi connectivity index (χ4v) is 4.95. The molecular formula is C22H31N7O3S. The molecule has 0 saturated heterocycles. The summed E-state index contributed by atoms with van der Waals surface area (Å²) in [5, 5.41) is 2.39. The van der Waals surface area contributed by atoms with Crippen molar-refractivity contribution < 1.29 is 9.00 Å². The molecule has 10 nitrogen and oxygen atoms in total. The molecule has 1 unspecified atom stereocenters. The average Bonchev–Trinajstić information content (AvgIpc) is 3.06. The van der Waals surface area contributed by atoms with Crippen LogP contribution in [0.3, 0.4) is 0 Å². The van der Waals surface area contributed by atoms with Crippen molar-refractivity contribution in [3.8, 4) is 0 Å². The van der Waals surface area contributed by atoms with Gasteiger partial charge in [-0.25, -0.2) is 28.1 Å². The number of amides is 1. The highest BCUT2D eigenvalue weighted by molar-refractivity contribution is 7.92. The predicted molar refractivity (Wildman–Crippen MR) is 129 cm³/mol. The Labute approximate surface area is 193 Å². The maximum atomic E-state index is 13.2. The van der Waals surface area contributed by atoms with Crippen molar-refractivity contribution >= 4 is 32.7 Å². The van der Waals surface area contributed by atoms with Crippen LogP contribution in [0, 0.1) is 4.78 Å². The van der Waals surface area contributed by atoms with E-state index in [9.17, 15) is 13.8 Å². The summed E-state index contributed by atoms with van der Waals surface area (Å²) >= 11 is 0. The van der Waals surface area contributed by atoms with Crippen molar-refractivity contribution in [3.63, 3.8) is 0 Å². The number of nitrogens with zero attached hydrogens (tertiary/aromatic N) is 4. The molecule has 1 aromatic carbocycles. The second-order valence-electron chi connectivity index (χ2n) is 7.84. The van der Waals surface area contributed by atoms with Crippen molar-refractivity contribution in [1.82, 2.24) is 24.4 Å². The number of rotatable bonds is 10. The molecule has 0 aliphatic carbocycles. The molecule has 178 valence electrons. The van der Waals surface area contributed by atoms with Crippen LogP contribution < -0.4 is 16.7 Å². The standard InChI is InChI=1S/C22H31N7O3S/c1-3-15-33(24,32)20-26-18(23)17-19(27-20)28(22(31)29(17)21(30)25-4-2)14-10-6-9-13-16-11-7-5-8-12-16/h5,7-8,11-12,24H,3-4,6,9-10,13-15H2,1-2H3,(H,25,30)(H2,23,26,27). The number of aromatic nitrogens is 4. The predicted octanol–water partition coefficient (Wildman–Crippen LogP) is 2.98. The lowest BCUT2D eigenvalue weighted by Gasteiger charge is -2.08. The van der Waals surface area contributed by atoms with Crippen LogP contribution in [0.1, 0.15) is 45.1 Å². The summed E-state index contributed by atoms with van der Waals surface area (Å²) in [5.74, 6) is -0.0594. The van der Waals surface area contributed by atoms with Gasteiger partial charge in [0, 0.05) is 18.8 Å². The molecule has 0 aliphatic rings. The van der Waals surface area contributed by atoms with E-state index in [0.29, 0.717) is 25.9 Å². The molecular weight excluding hydrogens is 442 g/mol. The minimum absolute atomic E-state index is 0.0747. The van der Waals surface area contributed by atoms with Gasteiger partial charge in [-0.3, -0.25) is 4.57 Å². The molecule has 2 heterocycles. The quantitative estimate of drug-likeness (QED) is 0.304. The van der Waals surface area contributed by atoms with Gasteiger partial charge < -0.3 is 11.1 Å². The van der Waals surface area contributed by atoms with Crippen molar-refractivity contribution in [2.45, 2.75) is 57.7 Å². The summed E-state index contributed by atoms with van der Waals surface area (Å²) in [6, 6.07) is 9.54. The molecule has 11 heteroatoms. The van der Waals surface area contributed by atoms with E-state index < -0.39 is 21.4 Å². The van der Waals surface area contributed by atoms with Crippen molar-refractivity contribution in [2.24, 2.45) is 0 Å². The Bertz CT molecular complexity index is 1280. The highest BCUT2D eigenvalue weighted by atomic mass is 32.2. The third-order valence-corrected chi connectivity index (χ3v) is 7.04. The number of fused-ring (bicyclic) bond motifs is 1. The third kappa shape index (κ3) is 5.41. The van der Waals surface area contributed by atoms with Crippen LogP contribution in [0.2, 0.25) is 0 Å². The summed E-state index contributed by atoms with van der Waals surface area (Å²) in [7, 11) is -3.26.